The van der Waals surface area contributed by atoms with Crippen LogP contribution in [-0.4, -0.2) is 18.7 Å². The molecule has 20 heavy (non-hydrogen) atoms. The van der Waals surface area contributed by atoms with E-state index in [1.165, 1.54) is 30.4 Å². The van der Waals surface area contributed by atoms with Gasteiger partial charge < -0.3 is 10.1 Å². The fourth-order valence-electron chi connectivity index (χ4n) is 3.12. The highest BCUT2D eigenvalue weighted by Crippen LogP contribution is 2.31. The number of hydrogen-bond donors (Lipinski definition) is 1. The predicted molar refractivity (Wildman–Crippen MR) is 85.0 cm³/mol. The fourth-order valence-corrected chi connectivity index (χ4v) is 3.12. The summed E-state index contributed by atoms with van der Waals surface area (Å²) in [5.41, 5.74) is 2.88. The summed E-state index contributed by atoms with van der Waals surface area (Å²) in [6.07, 6.45) is 6.22. The highest BCUT2D eigenvalue weighted by atomic mass is 16.5. The van der Waals surface area contributed by atoms with Gasteiger partial charge in [-0.2, -0.15) is 0 Å². The highest BCUT2D eigenvalue weighted by molar-refractivity contribution is 5.31. The molecule has 1 aromatic rings. The van der Waals surface area contributed by atoms with E-state index in [0.717, 1.165) is 19.4 Å². The maximum Gasteiger partial charge on any atom is 0.0842 e. The summed E-state index contributed by atoms with van der Waals surface area (Å²) in [7, 11) is 0. The number of ether oxygens (including phenoxy) is 1. The summed E-state index contributed by atoms with van der Waals surface area (Å²) in [5, 5.41) is 3.71. The van der Waals surface area contributed by atoms with E-state index in [9.17, 15) is 0 Å². The van der Waals surface area contributed by atoms with Crippen molar-refractivity contribution in [1.82, 2.24) is 5.32 Å². The second-order valence-corrected chi connectivity index (χ2v) is 6.20. The van der Waals surface area contributed by atoms with Gasteiger partial charge in [-0.25, -0.2) is 0 Å². The van der Waals surface area contributed by atoms with E-state index >= 15 is 0 Å². The average molecular weight is 275 g/mol. The monoisotopic (exact) mass is 275 g/mol. The third-order valence-corrected chi connectivity index (χ3v) is 4.07. The van der Waals surface area contributed by atoms with Gasteiger partial charge in [0.25, 0.3) is 0 Å². The van der Waals surface area contributed by atoms with E-state index in [4.69, 9.17) is 4.74 Å². The molecule has 0 fully saturated rings. The summed E-state index contributed by atoms with van der Waals surface area (Å²) >= 11 is 0. The second-order valence-electron chi connectivity index (χ2n) is 6.20. The number of benzene rings is 1. The Morgan fingerprint density at radius 2 is 2.10 bits per heavy atom. The molecule has 112 valence electrons. The van der Waals surface area contributed by atoms with Crippen LogP contribution in [0.5, 0.6) is 0 Å². The molecule has 0 spiro atoms. The first-order valence-electron chi connectivity index (χ1n) is 8.16. The van der Waals surface area contributed by atoms with Crippen LogP contribution in [0.2, 0.25) is 0 Å². The molecule has 0 saturated heterocycles. The molecule has 1 aliphatic rings. The fraction of sp³-hybridized carbons (Fsp3) is 0.667. The molecular weight excluding hydrogens is 246 g/mol. The van der Waals surface area contributed by atoms with E-state index in [0.29, 0.717) is 12.1 Å². The summed E-state index contributed by atoms with van der Waals surface area (Å²) in [6.45, 7) is 7.59. The molecule has 0 saturated carbocycles. The minimum absolute atomic E-state index is 0.271. The Bertz CT molecular complexity index is 402. The summed E-state index contributed by atoms with van der Waals surface area (Å²) < 4.78 is 6.06. The number of unbranched alkanes of at least 4 members (excludes halogenated alkanes) is 1. The molecule has 0 radical (unpaired) electrons. The Morgan fingerprint density at radius 3 is 2.85 bits per heavy atom. The van der Waals surface area contributed by atoms with Crippen molar-refractivity contribution in [3.05, 3.63) is 35.4 Å². The summed E-state index contributed by atoms with van der Waals surface area (Å²) in [6, 6.07) is 9.87. The van der Waals surface area contributed by atoms with Gasteiger partial charge in [0.05, 0.1) is 12.7 Å². The lowest BCUT2D eigenvalue weighted by Gasteiger charge is -2.30. The van der Waals surface area contributed by atoms with Crippen molar-refractivity contribution in [1.29, 1.82) is 0 Å². The molecule has 0 aromatic heterocycles. The number of nitrogens with one attached hydrogen (secondary N) is 1. The van der Waals surface area contributed by atoms with Crippen molar-refractivity contribution >= 4 is 0 Å². The first-order chi connectivity index (χ1) is 9.70. The number of fused-ring (bicyclic) bond motifs is 1. The largest absolute Gasteiger partial charge is 0.373 e. The van der Waals surface area contributed by atoms with Crippen LogP contribution in [0, 0.1) is 0 Å². The van der Waals surface area contributed by atoms with Crippen LogP contribution in [0.1, 0.15) is 63.7 Å². The first kappa shape index (κ1) is 15.5. The Labute approximate surface area is 123 Å². The minimum atomic E-state index is 0.271. The van der Waals surface area contributed by atoms with E-state index in [2.05, 4.69) is 50.4 Å². The molecule has 1 aliphatic heterocycles. The standard InChI is InChI=1S/C18H29NO/c1-4-5-9-16(19-14(2)3)13-18-17-10-7-6-8-15(17)11-12-20-18/h6-8,10,14,16,18-19H,4-5,9,11-13H2,1-3H3. The molecule has 2 nitrogen and oxygen atoms in total. The highest BCUT2D eigenvalue weighted by Gasteiger charge is 2.24. The molecule has 0 aliphatic carbocycles. The zero-order valence-electron chi connectivity index (χ0n) is 13.2. The van der Waals surface area contributed by atoms with Crippen LogP contribution in [0.25, 0.3) is 0 Å². The Balaban J connectivity index is 2.03. The van der Waals surface area contributed by atoms with E-state index in [1.807, 2.05) is 0 Å². The number of rotatable bonds is 7. The molecule has 0 bridgehead atoms. The van der Waals surface area contributed by atoms with Gasteiger partial charge in [0.15, 0.2) is 0 Å². The Morgan fingerprint density at radius 1 is 1.30 bits per heavy atom. The summed E-state index contributed by atoms with van der Waals surface area (Å²) in [4.78, 5) is 0. The van der Waals surface area contributed by atoms with Crippen molar-refractivity contribution in [2.75, 3.05) is 6.61 Å². The maximum absolute atomic E-state index is 6.06. The zero-order chi connectivity index (χ0) is 14.4. The molecule has 2 unspecified atom stereocenters. The lowest BCUT2D eigenvalue weighted by Crippen LogP contribution is -2.37. The van der Waals surface area contributed by atoms with Gasteiger partial charge in [-0.15, -0.1) is 0 Å². The number of hydrogen-bond acceptors (Lipinski definition) is 2. The van der Waals surface area contributed by atoms with Crippen molar-refractivity contribution in [3.63, 3.8) is 0 Å². The molecule has 2 rings (SSSR count). The lowest BCUT2D eigenvalue weighted by atomic mass is 9.92. The van der Waals surface area contributed by atoms with Gasteiger partial charge >= 0.3 is 0 Å². The van der Waals surface area contributed by atoms with Crippen LogP contribution in [0.15, 0.2) is 24.3 Å². The summed E-state index contributed by atoms with van der Waals surface area (Å²) in [5.74, 6) is 0. The van der Waals surface area contributed by atoms with Crippen LogP contribution < -0.4 is 5.32 Å². The molecule has 2 atom stereocenters. The van der Waals surface area contributed by atoms with Crippen molar-refractivity contribution in [2.45, 2.75) is 71.1 Å². The third-order valence-electron chi connectivity index (χ3n) is 4.07. The van der Waals surface area contributed by atoms with Crippen LogP contribution >= 0.6 is 0 Å². The van der Waals surface area contributed by atoms with Gasteiger partial charge in [0.2, 0.25) is 0 Å². The lowest BCUT2D eigenvalue weighted by molar-refractivity contribution is 0.0280. The topological polar surface area (TPSA) is 21.3 Å². The van der Waals surface area contributed by atoms with E-state index < -0.39 is 0 Å². The first-order valence-corrected chi connectivity index (χ1v) is 8.16. The van der Waals surface area contributed by atoms with Gasteiger partial charge in [0.1, 0.15) is 0 Å². The van der Waals surface area contributed by atoms with Gasteiger partial charge in [-0.05, 0) is 30.4 Å². The maximum atomic E-state index is 6.06. The van der Waals surface area contributed by atoms with Gasteiger partial charge in [-0.3, -0.25) is 0 Å². The molecule has 1 heterocycles. The second kappa shape index (κ2) is 7.80. The predicted octanol–water partition coefficient (Wildman–Crippen LogP) is 4.25. The molecule has 1 N–H and O–H groups in total. The molecule has 1 aromatic carbocycles. The van der Waals surface area contributed by atoms with Crippen molar-refractivity contribution in [3.8, 4) is 0 Å². The smallest absolute Gasteiger partial charge is 0.0842 e. The SMILES string of the molecule is CCCCC(CC1OCCc2ccccc21)NC(C)C. The van der Waals surface area contributed by atoms with Gasteiger partial charge in [-0.1, -0.05) is 57.9 Å². The van der Waals surface area contributed by atoms with Crippen molar-refractivity contribution < 1.29 is 4.74 Å². The Hall–Kier alpha value is -0.860. The van der Waals surface area contributed by atoms with Crippen LogP contribution in [0.3, 0.4) is 0 Å². The minimum Gasteiger partial charge on any atom is -0.373 e. The van der Waals surface area contributed by atoms with Crippen LogP contribution in [0.4, 0.5) is 0 Å². The van der Waals surface area contributed by atoms with E-state index in [-0.39, 0.29) is 6.10 Å². The normalized spacial score (nSPS) is 19.9. The Kier molecular flexibility index (Phi) is 6.06. The third kappa shape index (κ3) is 4.32. The quantitative estimate of drug-likeness (QED) is 0.803. The van der Waals surface area contributed by atoms with Crippen LogP contribution in [-0.2, 0) is 11.2 Å². The molecule has 2 heteroatoms. The van der Waals surface area contributed by atoms with Gasteiger partial charge in [0, 0.05) is 12.1 Å². The average Bonchev–Trinajstić information content (AvgIpc) is 2.44. The van der Waals surface area contributed by atoms with E-state index in [1.54, 1.807) is 0 Å². The van der Waals surface area contributed by atoms with Crippen molar-refractivity contribution in [2.24, 2.45) is 0 Å². The molecular formula is C18H29NO. The zero-order valence-corrected chi connectivity index (χ0v) is 13.2. The molecule has 0 amide bonds.